The van der Waals surface area contributed by atoms with Gasteiger partial charge in [-0.3, -0.25) is 15.6 Å². The van der Waals surface area contributed by atoms with Crippen LogP contribution in [0.25, 0.3) is 0 Å². The van der Waals surface area contributed by atoms with Crippen molar-refractivity contribution < 1.29 is 4.79 Å². The van der Waals surface area contributed by atoms with E-state index >= 15 is 0 Å². The molecule has 0 saturated heterocycles. The van der Waals surface area contributed by atoms with Crippen LogP contribution in [0, 0.1) is 12.8 Å². The molecule has 1 aliphatic carbocycles. The first-order valence-electron chi connectivity index (χ1n) is 7.77. The average molecular weight is 290 g/mol. The van der Waals surface area contributed by atoms with Crippen LogP contribution in [-0.4, -0.2) is 28.9 Å². The van der Waals surface area contributed by atoms with E-state index in [9.17, 15) is 4.79 Å². The third-order valence-electron chi connectivity index (χ3n) is 4.69. The van der Waals surface area contributed by atoms with Gasteiger partial charge in [0.1, 0.15) is 0 Å². The fourth-order valence-electron chi connectivity index (χ4n) is 3.15. The van der Waals surface area contributed by atoms with E-state index in [1.54, 1.807) is 12.3 Å². The fourth-order valence-corrected chi connectivity index (χ4v) is 3.15. The Kier molecular flexibility index (Phi) is 5.17. The van der Waals surface area contributed by atoms with Crippen molar-refractivity contribution >= 4 is 11.6 Å². The van der Waals surface area contributed by atoms with Gasteiger partial charge in [-0.25, -0.2) is 0 Å². The lowest BCUT2D eigenvalue weighted by molar-refractivity contribution is 0.0675. The Morgan fingerprint density at radius 1 is 1.43 bits per heavy atom. The molecule has 5 nitrogen and oxygen atoms in total. The number of carbonyl (C=O) groups is 1. The minimum absolute atomic E-state index is 0.00426. The number of hydrazine groups is 1. The number of carbonyl (C=O) groups excluding carboxylic acids is 1. The number of nitrogen functional groups attached to an aromatic ring is 1. The van der Waals surface area contributed by atoms with Crippen molar-refractivity contribution in [2.75, 3.05) is 12.5 Å². The highest BCUT2D eigenvalue weighted by molar-refractivity contribution is 5.99. The molecule has 1 aromatic rings. The number of anilines is 1. The van der Waals surface area contributed by atoms with Gasteiger partial charge in [-0.15, -0.1) is 0 Å². The Labute approximate surface area is 126 Å². The molecule has 3 N–H and O–H groups in total. The minimum atomic E-state index is -0.00426. The molecule has 5 heteroatoms. The molecular formula is C16H26N4O. The zero-order valence-electron chi connectivity index (χ0n) is 13.2. The van der Waals surface area contributed by atoms with Crippen molar-refractivity contribution in [1.82, 2.24) is 9.88 Å². The molecule has 1 aliphatic rings. The third-order valence-corrected chi connectivity index (χ3v) is 4.69. The summed E-state index contributed by atoms with van der Waals surface area (Å²) in [7, 11) is 1.89. The molecule has 0 aliphatic heterocycles. The van der Waals surface area contributed by atoms with E-state index in [2.05, 4.69) is 17.3 Å². The SMILES string of the molecule is CCC1CCC(N(C)C(=O)c2cnc(C)cc2NN)CC1. The lowest BCUT2D eigenvalue weighted by Crippen LogP contribution is -2.39. The van der Waals surface area contributed by atoms with Crippen LogP contribution in [0.1, 0.15) is 55.1 Å². The number of rotatable bonds is 4. The van der Waals surface area contributed by atoms with Gasteiger partial charge in [0.05, 0.1) is 11.3 Å². The van der Waals surface area contributed by atoms with E-state index < -0.39 is 0 Å². The number of nitrogens with two attached hydrogens (primary N) is 1. The van der Waals surface area contributed by atoms with Crippen LogP contribution < -0.4 is 11.3 Å². The van der Waals surface area contributed by atoms with Crippen molar-refractivity contribution in [3.8, 4) is 0 Å². The van der Waals surface area contributed by atoms with Gasteiger partial charge >= 0.3 is 0 Å². The lowest BCUT2D eigenvalue weighted by atomic mass is 9.84. The second-order valence-corrected chi connectivity index (χ2v) is 6.01. The molecule has 116 valence electrons. The monoisotopic (exact) mass is 290 g/mol. The molecule has 21 heavy (non-hydrogen) atoms. The van der Waals surface area contributed by atoms with Crippen molar-refractivity contribution in [3.05, 3.63) is 23.5 Å². The summed E-state index contributed by atoms with van der Waals surface area (Å²) in [6, 6.07) is 2.13. The predicted octanol–water partition coefficient (Wildman–Crippen LogP) is 2.72. The Balaban J connectivity index is 2.09. The number of amides is 1. The standard InChI is InChI=1S/C16H26N4O/c1-4-12-5-7-13(8-6-12)20(3)16(21)14-10-18-11(2)9-15(14)19-17/h9-10,12-13H,4-8,17H2,1-3H3,(H,18,19). The Morgan fingerprint density at radius 2 is 2.10 bits per heavy atom. The number of aromatic nitrogens is 1. The quantitative estimate of drug-likeness (QED) is 0.660. The van der Waals surface area contributed by atoms with E-state index in [0.717, 1.165) is 24.5 Å². The first-order chi connectivity index (χ1) is 10.1. The maximum Gasteiger partial charge on any atom is 0.257 e. The number of hydrogen-bond donors (Lipinski definition) is 2. The summed E-state index contributed by atoms with van der Waals surface area (Å²) in [6.07, 6.45) is 7.46. The minimum Gasteiger partial charge on any atom is -0.339 e. The molecule has 0 bridgehead atoms. The number of pyridine rings is 1. The summed E-state index contributed by atoms with van der Waals surface area (Å²) in [5.41, 5.74) is 4.63. The summed E-state index contributed by atoms with van der Waals surface area (Å²) in [5, 5.41) is 0. The van der Waals surface area contributed by atoms with Crippen molar-refractivity contribution in [1.29, 1.82) is 0 Å². The van der Waals surface area contributed by atoms with Crippen LogP contribution in [0.5, 0.6) is 0 Å². The van der Waals surface area contributed by atoms with Gasteiger partial charge in [0, 0.05) is 25.0 Å². The number of hydrogen-bond acceptors (Lipinski definition) is 4. The number of nitrogens with zero attached hydrogens (tertiary/aromatic N) is 2. The van der Waals surface area contributed by atoms with Gasteiger partial charge in [-0.05, 0) is 44.6 Å². The molecule has 0 spiro atoms. The highest BCUT2D eigenvalue weighted by Crippen LogP contribution is 2.30. The molecule has 0 aromatic carbocycles. The molecule has 0 radical (unpaired) electrons. The summed E-state index contributed by atoms with van der Waals surface area (Å²) in [4.78, 5) is 18.8. The van der Waals surface area contributed by atoms with E-state index in [-0.39, 0.29) is 5.91 Å². The largest absolute Gasteiger partial charge is 0.339 e. The third kappa shape index (κ3) is 3.53. The van der Waals surface area contributed by atoms with Gasteiger partial charge in [-0.2, -0.15) is 0 Å². The molecule has 1 heterocycles. The Bertz CT molecular complexity index is 495. The van der Waals surface area contributed by atoms with Crippen molar-refractivity contribution in [2.45, 2.75) is 52.0 Å². The Hall–Kier alpha value is -1.62. The highest BCUT2D eigenvalue weighted by atomic mass is 16.2. The second kappa shape index (κ2) is 6.89. The predicted molar refractivity (Wildman–Crippen MR) is 84.9 cm³/mol. The molecule has 1 aromatic heterocycles. The van der Waals surface area contributed by atoms with Gasteiger partial charge in [0.2, 0.25) is 0 Å². The molecule has 0 unspecified atom stereocenters. The van der Waals surface area contributed by atoms with E-state index in [1.165, 1.54) is 19.3 Å². The first-order valence-corrected chi connectivity index (χ1v) is 7.77. The fraction of sp³-hybridized carbons (Fsp3) is 0.625. The van der Waals surface area contributed by atoms with Crippen LogP contribution in [0.2, 0.25) is 0 Å². The van der Waals surface area contributed by atoms with E-state index in [4.69, 9.17) is 5.84 Å². The van der Waals surface area contributed by atoms with Crippen LogP contribution in [0.3, 0.4) is 0 Å². The van der Waals surface area contributed by atoms with E-state index in [1.807, 2.05) is 18.9 Å². The zero-order valence-corrected chi connectivity index (χ0v) is 13.2. The topological polar surface area (TPSA) is 71.2 Å². The van der Waals surface area contributed by atoms with Gasteiger partial charge < -0.3 is 10.3 Å². The summed E-state index contributed by atoms with van der Waals surface area (Å²) in [5.74, 6) is 6.35. The second-order valence-electron chi connectivity index (χ2n) is 6.01. The van der Waals surface area contributed by atoms with Crippen LogP contribution in [-0.2, 0) is 0 Å². The molecule has 1 fully saturated rings. The average Bonchev–Trinajstić information content (AvgIpc) is 2.53. The van der Waals surface area contributed by atoms with Crippen LogP contribution in [0.15, 0.2) is 12.3 Å². The lowest BCUT2D eigenvalue weighted by Gasteiger charge is -2.34. The molecule has 2 rings (SSSR count). The zero-order chi connectivity index (χ0) is 15.4. The maximum atomic E-state index is 12.7. The molecule has 1 saturated carbocycles. The first kappa shape index (κ1) is 15.8. The summed E-state index contributed by atoms with van der Waals surface area (Å²) in [6.45, 7) is 4.13. The van der Waals surface area contributed by atoms with Crippen molar-refractivity contribution in [3.63, 3.8) is 0 Å². The van der Waals surface area contributed by atoms with Crippen LogP contribution in [0.4, 0.5) is 5.69 Å². The van der Waals surface area contributed by atoms with Gasteiger partial charge in [0.15, 0.2) is 0 Å². The van der Waals surface area contributed by atoms with Gasteiger partial charge in [0.25, 0.3) is 5.91 Å². The number of aryl methyl sites for hydroxylation is 1. The van der Waals surface area contributed by atoms with Crippen LogP contribution >= 0.6 is 0 Å². The highest BCUT2D eigenvalue weighted by Gasteiger charge is 2.27. The number of nitrogens with one attached hydrogen (secondary N) is 1. The normalized spacial score (nSPS) is 21.9. The smallest absolute Gasteiger partial charge is 0.257 e. The maximum absolute atomic E-state index is 12.7. The summed E-state index contributed by atoms with van der Waals surface area (Å²) < 4.78 is 0. The Morgan fingerprint density at radius 3 is 2.67 bits per heavy atom. The summed E-state index contributed by atoms with van der Waals surface area (Å²) >= 11 is 0. The van der Waals surface area contributed by atoms with Gasteiger partial charge in [-0.1, -0.05) is 13.3 Å². The molecule has 0 atom stereocenters. The van der Waals surface area contributed by atoms with E-state index in [0.29, 0.717) is 17.3 Å². The molecule has 1 amide bonds. The van der Waals surface area contributed by atoms with Crippen molar-refractivity contribution in [2.24, 2.45) is 11.8 Å². The molecular weight excluding hydrogens is 264 g/mol.